The molecule has 0 aromatic rings. The number of carbonyl (C=O) groups excluding carboxylic acids is 1. The number of hydrogen-bond acceptors (Lipinski definition) is 1. The van der Waals surface area contributed by atoms with Crippen molar-refractivity contribution in [3.05, 3.63) is 0 Å². The van der Waals surface area contributed by atoms with Crippen molar-refractivity contribution < 1.29 is 4.79 Å². The van der Waals surface area contributed by atoms with E-state index in [0.29, 0.717) is 12.1 Å². The van der Waals surface area contributed by atoms with Gasteiger partial charge in [-0.15, -0.1) is 0 Å². The minimum atomic E-state index is 0.0249. The Morgan fingerprint density at radius 3 is 2.50 bits per heavy atom. The van der Waals surface area contributed by atoms with Crippen LogP contribution in [0.5, 0.6) is 0 Å². The second-order valence-electron chi connectivity index (χ2n) is 4.02. The van der Waals surface area contributed by atoms with E-state index in [9.17, 15) is 4.79 Å². The van der Waals surface area contributed by atoms with Gasteiger partial charge >= 0.3 is 6.03 Å². The van der Waals surface area contributed by atoms with E-state index in [4.69, 9.17) is 0 Å². The highest BCUT2D eigenvalue weighted by Crippen LogP contribution is 2.32. The Morgan fingerprint density at radius 2 is 2.00 bits per heavy atom. The van der Waals surface area contributed by atoms with Crippen LogP contribution in [0, 0.1) is 5.92 Å². The second kappa shape index (κ2) is 2.96. The van der Waals surface area contributed by atoms with Gasteiger partial charge in [0.05, 0.1) is 0 Å². The fourth-order valence-electron chi connectivity index (χ4n) is 1.38. The number of amides is 2. The highest BCUT2D eigenvalue weighted by molar-refractivity contribution is 5.74. The van der Waals surface area contributed by atoms with Gasteiger partial charge in [-0.25, -0.2) is 4.79 Å². The Bertz CT molecular complexity index is 185. The molecular formula is C9H16N2O. The van der Waals surface area contributed by atoms with Crippen LogP contribution in [0.2, 0.25) is 0 Å². The number of rotatable bonds is 3. The SMILES string of the molecule is CC(NC(=O)NC1CC1)C1CC1. The molecule has 3 nitrogen and oxygen atoms in total. The molecule has 2 rings (SSSR count). The average molecular weight is 168 g/mol. The lowest BCUT2D eigenvalue weighted by atomic mass is 10.2. The molecule has 0 spiro atoms. The van der Waals surface area contributed by atoms with Crippen molar-refractivity contribution >= 4 is 6.03 Å². The molecule has 0 aliphatic heterocycles. The van der Waals surface area contributed by atoms with E-state index in [1.54, 1.807) is 0 Å². The maximum Gasteiger partial charge on any atom is 0.315 e. The van der Waals surface area contributed by atoms with Gasteiger partial charge < -0.3 is 10.6 Å². The lowest BCUT2D eigenvalue weighted by molar-refractivity contribution is 0.236. The molecule has 2 N–H and O–H groups in total. The first kappa shape index (κ1) is 7.90. The molecule has 0 saturated heterocycles. The molecule has 2 aliphatic carbocycles. The molecule has 0 aromatic heterocycles. The summed E-state index contributed by atoms with van der Waals surface area (Å²) in [5.74, 6) is 0.745. The van der Waals surface area contributed by atoms with Crippen molar-refractivity contribution in [2.75, 3.05) is 0 Å². The van der Waals surface area contributed by atoms with Crippen molar-refractivity contribution in [2.45, 2.75) is 44.7 Å². The molecule has 2 amide bonds. The summed E-state index contributed by atoms with van der Waals surface area (Å²) in [5, 5.41) is 5.88. The van der Waals surface area contributed by atoms with Crippen LogP contribution in [0.15, 0.2) is 0 Å². The molecule has 3 heteroatoms. The van der Waals surface area contributed by atoms with E-state index >= 15 is 0 Å². The average Bonchev–Trinajstić information content (AvgIpc) is 2.83. The van der Waals surface area contributed by atoms with Gasteiger partial charge in [-0.05, 0) is 38.5 Å². The third-order valence-electron chi connectivity index (χ3n) is 2.60. The van der Waals surface area contributed by atoms with Crippen molar-refractivity contribution in [3.8, 4) is 0 Å². The fraction of sp³-hybridized carbons (Fsp3) is 0.889. The van der Waals surface area contributed by atoms with Crippen LogP contribution in [0.4, 0.5) is 4.79 Å². The summed E-state index contributed by atoms with van der Waals surface area (Å²) in [6.45, 7) is 2.09. The molecular weight excluding hydrogens is 152 g/mol. The van der Waals surface area contributed by atoms with Crippen molar-refractivity contribution in [2.24, 2.45) is 5.92 Å². The van der Waals surface area contributed by atoms with Gasteiger partial charge in [0.1, 0.15) is 0 Å². The summed E-state index contributed by atoms with van der Waals surface area (Å²) in [6, 6.07) is 0.858. The topological polar surface area (TPSA) is 41.1 Å². The third kappa shape index (κ3) is 2.13. The van der Waals surface area contributed by atoms with Crippen LogP contribution in [0.25, 0.3) is 0 Å². The Morgan fingerprint density at radius 1 is 1.33 bits per heavy atom. The zero-order valence-corrected chi connectivity index (χ0v) is 7.47. The second-order valence-corrected chi connectivity index (χ2v) is 4.02. The largest absolute Gasteiger partial charge is 0.335 e. The smallest absolute Gasteiger partial charge is 0.315 e. The molecule has 0 bridgehead atoms. The normalized spacial score (nSPS) is 24.8. The minimum Gasteiger partial charge on any atom is -0.335 e. The van der Waals surface area contributed by atoms with Gasteiger partial charge in [-0.1, -0.05) is 0 Å². The molecule has 68 valence electrons. The highest BCUT2D eigenvalue weighted by atomic mass is 16.2. The number of carbonyl (C=O) groups is 1. The first-order chi connectivity index (χ1) is 5.75. The van der Waals surface area contributed by atoms with Crippen LogP contribution in [-0.2, 0) is 0 Å². The monoisotopic (exact) mass is 168 g/mol. The van der Waals surface area contributed by atoms with E-state index in [1.807, 2.05) is 0 Å². The molecule has 1 atom stereocenters. The highest BCUT2D eigenvalue weighted by Gasteiger charge is 2.30. The Kier molecular flexibility index (Phi) is 1.95. The maximum atomic E-state index is 11.2. The Labute approximate surface area is 72.9 Å². The first-order valence-electron chi connectivity index (χ1n) is 4.83. The minimum absolute atomic E-state index is 0.0249. The molecule has 12 heavy (non-hydrogen) atoms. The molecule has 1 unspecified atom stereocenters. The van der Waals surface area contributed by atoms with E-state index < -0.39 is 0 Å². The number of hydrogen-bond donors (Lipinski definition) is 2. The molecule has 0 aromatic carbocycles. The quantitative estimate of drug-likeness (QED) is 0.654. The molecule has 2 saturated carbocycles. The zero-order chi connectivity index (χ0) is 8.55. The van der Waals surface area contributed by atoms with Crippen molar-refractivity contribution in [1.82, 2.24) is 10.6 Å². The summed E-state index contributed by atoms with van der Waals surface area (Å²) in [4.78, 5) is 11.2. The van der Waals surface area contributed by atoms with Gasteiger partial charge in [0, 0.05) is 12.1 Å². The van der Waals surface area contributed by atoms with Crippen molar-refractivity contribution in [3.63, 3.8) is 0 Å². The summed E-state index contributed by atoms with van der Waals surface area (Å²) in [5.41, 5.74) is 0. The predicted octanol–water partition coefficient (Wildman–Crippen LogP) is 1.25. The van der Waals surface area contributed by atoms with Gasteiger partial charge in [0.15, 0.2) is 0 Å². The van der Waals surface area contributed by atoms with Gasteiger partial charge in [0.2, 0.25) is 0 Å². The van der Waals surface area contributed by atoms with Gasteiger partial charge in [-0.3, -0.25) is 0 Å². The van der Waals surface area contributed by atoms with E-state index in [2.05, 4.69) is 17.6 Å². The van der Waals surface area contributed by atoms with Crippen LogP contribution in [0.1, 0.15) is 32.6 Å². The summed E-state index contributed by atoms with van der Waals surface area (Å²) in [7, 11) is 0. The number of nitrogens with one attached hydrogen (secondary N) is 2. The fourth-order valence-corrected chi connectivity index (χ4v) is 1.38. The zero-order valence-electron chi connectivity index (χ0n) is 7.47. The van der Waals surface area contributed by atoms with Crippen molar-refractivity contribution in [1.29, 1.82) is 0 Å². The standard InChI is InChI=1S/C9H16N2O/c1-6(7-2-3-7)10-9(12)11-8-4-5-8/h6-8H,2-5H2,1H3,(H2,10,11,12). The van der Waals surface area contributed by atoms with Gasteiger partial charge in [-0.2, -0.15) is 0 Å². The van der Waals surface area contributed by atoms with Crippen LogP contribution in [0.3, 0.4) is 0 Å². The lowest BCUT2D eigenvalue weighted by Crippen LogP contribution is -2.42. The molecule has 2 aliphatic rings. The maximum absolute atomic E-state index is 11.2. The summed E-state index contributed by atoms with van der Waals surface area (Å²) in [6.07, 6.45) is 4.88. The molecule has 2 fully saturated rings. The number of urea groups is 1. The van der Waals surface area contributed by atoms with E-state index in [1.165, 1.54) is 12.8 Å². The molecule has 0 heterocycles. The van der Waals surface area contributed by atoms with Crippen LogP contribution >= 0.6 is 0 Å². The van der Waals surface area contributed by atoms with Crippen LogP contribution < -0.4 is 10.6 Å². The Hall–Kier alpha value is -0.730. The summed E-state index contributed by atoms with van der Waals surface area (Å²) >= 11 is 0. The van der Waals surface area contributed by atoms with Gasteiger partial charge in [0.25, 0.3) is 0 Å². The molecule has 0 radical (unpaired) electrons. The van der Waals surface area contributed by atoms with E-state index in [0.717, 1.165) is 18.8 Å². The third-order valence-corrected chi connectivity index (χ3v) is 2.60. The van der Waals surface area contributed by atoms with Crippen LogP contribution in [-0.4, -0.2) is 18.1 Å². The Balaban J connectivity index is 1.65. The van der Waals surface area contributed by atoms with E-state index in [-0.39, 0.29) is 6.03 Å². The summed E-state index contributed by atoms with van der Waals surface area (Å²) < 4.78 is 0. The predicted molar refractivity (Wildman–Crippen MR) is 46.9 cm³/mol. The first-order valence-corrected chi connectivity index (χ1v) is 4.83. The lowest BCUT2D eigenvalue weighted by Gasteiger charge is -2.12.